The van der Waals surface area contributed by atoms with E-state index < -0.39 is 12.4 Å². The maximum Gasteiger partial charge on any atom is 0.339 e. The number of carbonyl (C=O) groups is 1. The molecule has 88 valence electrons. The molecule has 4 nitrogen and oxygen atoms in total. The van der Waals surface area contributed by atoms with Gasteiger partial charge < -0.3 is 9.47 Å². The van der Waals surface area contributed by atoms with Crippen molar-refractivity contribution in [2.45, 2.75) is 13.3 Å². The standard InChI is InChI=1S/C10H11F2NO3/c1-5-6(10(14)16-3)4-13-9(15-2)7(5)8(11)12/h4,8H,1-3H3. The lowest BCUT2D eigenvalue weighted by atomic mass is 10.1. The largest absolute Gasteiger partial charge is 0.481 e. The first-order valence-electron chi connectivity index (χ1n) is 4.42. The lowest BCUT2D eigenvalue weighted by Gasteiger charge is -2.12. The minimum Gasteiger partial charge on any atom is -0.481 e. The highest BCUT2D eigenvalue weighted by molar-refractivity contribution is 5.91. The zero-order chi connectivity index (χ0) is 12.3. The Morgan fingerprint density at radius 3 is 2.50 bits per heavy atom. The quantitative estimate of drug-likeness (QED) is 0.747. The number of carbonyl (C=O) groups excluding carboxylic acids is 1. The average Bonchev–Trinajstić information content (AvgIpc) is 2.26. The van der Waals surface area contributed by atoms with E-state index in [0.717, 1.165) is 6.20 Å². The van der Waals surface area contributed by atoms with Crippen LogP contribution in [0, 0.1) is 6.92 Å². The highest BCUT2D eigenvalue weighted by atomic mass is 19.3. The van der Waals surface area contributed by atoms with Crippen LogP contribution in [0.4, 0.5) is 8.78 Å². The summed E-state index contributed by atoms with van der Waals surface area (Å²) in [5.41, 5.74) is -0.252. The Morgan fingerprint density at radius 2 is 2.06 bits per heavy atom. The van der Waals surface area contributed by atoms with E-state index in [-0.39, 0.29) is 22.6 Å². The number of nitrogens with zero attached hydrogens (tertiary/aromatic N) is 1. The van der Waals surface area contributed by atoms with Gasteiger partial charge in [0.25, 0.3) is 6.43 Å². The van der Waals surface area contributed by atoms with Crippen LogP contribution in [0.15, 0.2) is 6.20 Å². The van der Waals surface area contributed by atoms with Crippen LogP contribution in [0.5, 0.6) is 5.88 Å². The van der Waals surface area contributed by atoms with Crippen LogP contribution < -0.4 is 4.74 Å². The molecule has 0 amide bonds. The van der Waals surface area contributed by atoms with Crippen molar-refractivity contribution in [3.8, 4) is 5.88 Å². The fraction of sp³-hybridized carbons (Fsp3) is 0.400. The van der Waals surface area contributed by atoms with Gasteiger partial charge in [-0.25, -0.2) is 18.6 Å². The Balaban J connectivity index is 3.37. The molecule has 1 aromatic rings. The number of pyridine rings is 1. The van der Waals surface area contributed by atoms with Gasteiger partial charge in [-0.05, 0) is 12.5 Å². The molecular weight excluding hydrogens is 220 g/mol. The molecule has 0 radical (unpaired) electrons. The Bertz CT molecular complexity index is 407. The van der Waals surface area contributed by atoms with Gasteiger partial charge in [-0.3, -0.25) is 0 Å². The Hall–Kier alpha value is -1.72. The van der Waals surface area contributed by atoms with Crippen LogP contribution >= 0.6 is 0 Å². The minimum atomic E-state index is -2.76. The molecule has 0 aliphatic heterocycles. The predicted octanol–water partition coefficient (Wildman–Crippen LogP) is 2.12. The van der Waals surface area contributed by atoms with Crippen molar-refractivity contribution in [2.24, 2.45) is 0 Å². The van der Waals surface area contributed by atoms with Crippen molar-refractivity contribution < 1.29 is 23.0 Å². The molecule has 0 aliphatic carbocycles. The van der Waals surface area contributed by atoms with Gasteiger partial charge in [0.1, 0.15) is 0 Å². The zero-order valence-corrected chi connectivity index (χ0v) is 9.08. The van der Waals surface area contributed by atoms with Crippen LogP contribution in [0.1, 0.15) is 27.9 Å². The lowest BCUT2D eigenvalue weighted by molar-refractivity contribution is 0.0598. The van der Waals surface area contributed by atoms with Crippen LogP contribution in [0.2, 0.25) is 0 Å². The minimum absolute atomic E-state index is 0.0126. The lowest BCUT2D eigenvalue weighted by Crippen LogP contribution is -2.09. The van der Waals surface area contributed by atoms with Crippen LogP contribution in [-0.4, -0.2) is 25.2 Å². The van der Waals surface area contributed by atoms with Gasteiger partial charge in [-0.15, -0.1) is 0 Å². The highest BCUT2D eigenvalue weighted by Gasteiger charge is 2.23. The fourth-order valence-corrected chi connectivity index (χ4v) is 1.33. The third-order valence-electron chi connectivity index (χ3n) is 2.17. The van der Waals surface area contributed by atoms with E-state index >= 15 is 0 Å². The molecular formula is C10H11F2NO3. The van der Waals surface area contributed by atoms with Gasteiger partial charge in [0.2, 0.25) is 5.88 Å². The number of esters is 1. The monoisotopic (exact) mass is 231 g/mol. The zero-order valence-electron chi connectivity index (χ0n) is 9.08. The molecule has 16 heavy (non-hydrogen) atoms. The van der Waals surface area contributed by atoms with Gasteiger partial charge in [0.05, 0.1) is 25.3 Å². The molecule has 0 unspecified atom stereocenters. The van der Waals surface area contributed by atoms with Gasteiger partial charge >= 0.3 is 5.97 Å². The summed E-state index contributed by atoms with van der Waals surface area (Å²) in [5.74, 6) is -0.880. The van der Waals surface area contributed by atoms with Crippen molar-refractivity contribution in [1.29, 1.82) is 0 Å². The molecule has 6 heteroatoms. The molecule has 0 aromatic carbocycles. The first kappa shape index (κ1) is 12.4. The van der Waals surface area contributed by atoms with Gasteiger partial charge in [-0.1, -0.05) is 0 Å². The molecule has 0 aliphatic rings. The molecule has 0 N–H and O–H groups in total. The molecule has 0 fully saturated rings. The normalized spacial score (nSPS) is 10.4. The summed E-state index contributed by atoms with van der Waals surface area (Å²) in [5, 5.41) is 0. The van der Waals surface area contributed by atoms with Gasteiger partial charge in [0.15, 0.2) is 0 Å². The van der Waals surface area contributed by atoms with E-state index in [1.807, 2.05) is 0 Å². The smallest absolute Gasteiger partial charge is 0.339 e. The van der Waals surface area contributed by atoms with Crippen molar-refractivity contribution in [2.75, 3.05) is 14.2 Å². The summed E-state index contributed by atoms with van der Waals surface area (Å²) >= 11 is 0. The predicted molar refractivity (Wildman–Crippen MR) is 51.8 cm³/mol. The third kappa shape index (κ3) is 2.10. The van der Waals surface area contributed by atoms with E-state index in [0.29, 0.717) is 0 Å². The number of hydrogen-bond donors (Lipinski definition) is 0. The number of alkyl halides is 2. The highest BCUT2D eigenvalue weighted by Crippen LogP contribution is 2.31. The Labute approximate surface area is 91.2 Å². The van der Waals surface area contributed by atoms with Crippen molar-refractivity contribution in [3.63, 3.8) is 0 Å². The molecule has 0 spiro atoms. The second kappa shape index (κ2) is 4.87. The summed E-state index contributed by atoms with van der Waals surface area (Å²) in [7, 11) is 2.42. The number of aromatic nitrogens is 1. The SMILES string of the molecule is COC(=O)c1cnc(OC)c(C(F)F)c1C. The number of halogens is 2. The van der Waals surface area contributed by atoms with Crippen molar-refractivity contribution in [3.05, 3.63) is 22.9 Å². The van der Waals surface area contributed by atoms with Crippen molar-refractivity contribution >= 4 is 5.97 Å². The van der Waals surface area contributed by atoms with E-state index in [1.165, 1.54) is 21.1 Å². The fourth-order valence-electron chi connectivity index (χ4n) is 1.33. The molecule has 0 saturated carbocycles. The van der Waals surface area contributed by atoms with Crippen molar-refractivity contribution in [1.82, 2.24) is 4.98 Å². The molecule has 1 aromatic heterocycles. The molecule has 0 atom stereocenters. The average molecular weight is 231 g/mol. The van der Waals surface area contributed by atoms with E-state index in [4.69, 9.17) is 4.74 Å². The third-order valence-corrected chi connectivity index (χ3v) is 2.17. The first-order chi connectivity index (χ1) is 7.52. The first-order valence-corrected chi connectivity index (χ1v) is 4.42. The summed E-state index contributed by atoms with van der Waals surface area (Å²) in [6.45, 7) is 1.40. The molecule has 1 rings (SSSR count). The van der Waals surface area contributed by atoms with E-state index in [9.17, 15) is 13.6 Å². The summed E-state index contributed by atoms with van der Waals surface area (Å²) in [6, 6.07) is 0. The van der Waals surface area contributed by atoms with E-state index in [1.54, 1.807) is 0 Å². The van der Waals surface area contributed by atoms with Gasteiger partial charge in [0, 0.05) is 6.20 Å². The Morgan fingerprint density at radius 1 is 1.44 bits per heavy atom. The van der Waals surface area contributed by atoms with E-state index in [2.05, 4.69) is 9.72 Å². The maximum atomic E-state index is 12.8. The summed E-state index contributed by atoms with van der Waals surface area (Å²) < 4.78 is 34.7. The molecule has 1 heterocycles. The maximum absolute atomic E-state index is 12.8. The topological polar surface area (TPSA) is 48.4 Å². The molecule has 0 bridgehead atoms. The van der Waals surface area contributed by atoms with Crippen LogP contribution in [-0.2, 0) is 4.74 Å². The number of ether oxygens (including phenoxy) is 2. The number of methoxy groups -OCH3 is 2. The number of rotatable bonds is 3. The van der Waals surface area contributed by atoms with Gasteiger partial charge in [-0.2, -0.15) is 0 Å². The summed E-state index contributed by atoms with van der Waals surface area (Å²) in [6.07, 6.45) is -1.60. The molecule has 0 saturated heterocycles. The number of hydrogen-bond acceptors (Lipinski definition) is 4. The van der Waals surface area contributed by atoms with Crippen LogP contribution in [0.3, 0.4) is 0 Å². The van der Waals surface area contributed by atoms with Crippen LogP contribution in [0.25, 0.3) is 0 Å². The Kier molecular flexibility index (Phi) is 3.76. The summed E-state index contributed by atoms with van der Waals surface area (Å²) in [4.78, 5) is 14.9. The second-order valence-corrected chi connectivity index (χ2v) is 3.01. The second-order valence-electron chi connectivity index (χ2n) is 3.01.